The molecule has 0 unspecified atom stereocenters. The highest BCUT2D eigenvalue weighted by molar-refractivity contribution is 14.1. The van der Waals surface area contributed by atoms with Crippen molar-refractivity contribution < 1.29 is 13.6 Å². The van der Waals surface area contributed by atoms with Crippen molar-refractivity contribution in [1.29, 1.82) is 0 Å². The van der Waals surface area contributed by atoms with Gasteiger partial charge in [0, 0.05) is 6.20 Å². The minimum atomic E-state index is -2.19. The van der Waals surface area contributed by atoms with E-state index in [0.717, 1.165) is 0 Å². The Kier molecular flexibility index (Phi) is 7.68. The summed E-state index contributed by atoms with van der Waals surface area (Å²) in [6.45, 7) is 24.2. The van der Waals surface area contributed by atoms with E-state index in [2.05, 4.69) is 95.3 Å². The van der Waals surface area contributed by atoms with Gasteiger partial charge >= 0.3 is 5.69 Å². The largest absolute Gasteiger partial charge is 0.409 e. The third kappa shape index (κ3) is 5.63. The predicted octanol–water partition coefficient (Wildman–Crippen LogP) is 5.13. The molecule has 31 heavy (non-hydrogen) atoms. The summed E-state index contributed by atoms with van der Waals surface area (Å²) in [6.07, 6.45) is 0.175. The van der Waals surface area contributed by atoms with Gasteiger partial charge < -0.3 is 19.3 Å². The lowest BCUT2D eigenvalue weighted by Gasteiger charge is -2.44. The van der Waals surface area contributed by atoms with Gasteiger partial charge in [0.05, 0.1) is 9.67 Å². The molecule has 178 valence electrons. The molecule has 1 aromatic heterocycles. The zero-order valence-corrected chi connectivity index (χ0v) is 25.0. The molecule has 0 spiro atoms. The fraction of sp³-hybridized carbons (Fsp3) is 0.810. The van der Waals surface area contributed by atoms with E-state index in [-0.39, 0.29) is 28.1 Å². The Labute approximate surface area is 202 Å². The maximum absolute atomic E-state index is 12.8. The Morgan fingerprint density at radius 1 is 1.03 bits per heavy atom. The van der Waals surface area contributed by atoms with Gasteiger partial charge in [-0.1, -0.05) is 41.5 Å². The Balaban J connectivity index is 2.56. The number of nitrogen functional groups attached to an aromatic ring is 1. The molecule has 0 aliphatic carbocycles. The van der Waals surface area contributed by atoms with Crippen LogP contribution in [0.5, 0.6) is 0 Å². The number of ether oxygens (including phenoxy) is 1. The molecule has 10 heteroatoms. The SMILES string of the molecule is C[C@H]1O[C@@H](n2cc(I)c(N)nc2=O)[C@H](O[Si](C)(C)C(C)(C)C)[C@@H]1O[Si](C)(C)C(C)(C)C. The van der Waals surface area contributed by atoms with Crippen LogP contribution < -0.4 is 11.4 Å². The van der Waals surface area contributed by atoms with Crippen molar-refractivity contribution >= 4 is 45.0 Å². The summed E-state index contributed by atoms with van der Waals surface area (Å²) in [6, 6.07) is 0. The third-order valence-corrected chi connectivity index (χ3v) is 16.9. The van der Waals surface area contributed by atoms with Crippen molar-refractivity contribution in [3.63, 3.8) is 0 Å². The van der Waals surface area contributed by atoms with Crippen molar-refractivity contribution in [2.45, 2.75) is 109 Å². The van der Waals surface area contributed by atoms with Crippen LogP contribution in [0.3, 0.4) is 0 Å². The number of nitrogens with two attached hydrogens (primary N) is 1. The number of rotatable bonds is 5. The summed E-state index contributed by atoms with van der Waals surface area (Å²) in [5.41, 5.74) is 5.41. The second kappa shape index (κ2) is 8.82. The van der Waals surface area contributed by atoms with E-state index in [1.807, 2.05) is 6.92 Å². The van der Waals surface area contributed by atoms with Crippen LogP contribution in [0.15, 0.2) is 11.0 Å². The standard InChI is InChI=1S/C21H40IN3O4Si2/c1-13-15(28-30(8,9)20(2,3)4)16(29-31(10,11)21(5,6)7)18(27-13)25-12-14(22)17(23)24-19(25)26/h12-13,15-16,18H,1-11H3,(H2,23,24,26)/t13-,15-,16-,18-/m1/s1. The number of anilines is 1. The predicted molar refractivity (Wildman–Crippen MR) is 139 cm³/mol. The molecule has 4 atom stereocenters. The van der Waals surface area contributed by atoms with Gasteiger partial charge in [0.2, 0.25) is 0 Å². The molecular formula is C21H40IN3O4Si2. The van der Waals surface area contributed by atoms with Gasteiger partial charge in [-0.2, -0.15) is 4.98 Å². The van der Waals surface area contributed by atoms with Gasteiger partial charge in [-0.25, -0.2) is 4.79 Å². The van der Waals surface area contributed by atoms with Crippen LogP contribution in [0.25, 0.3) is 0 Å². The second-order valence-corrected chi connectivity index (χ2v) is 22.3. The summed E-state index contributed by atoms with van der Waals surface area (Å²) in [7, 11) is -4.29. The fourth-order valence-electron chi connectivity index (χ4n) is 2.99. The van der Waals surface area contributed by atoms with Crippen molar-refractivity contribution in [2.24, 2.45) is 0 Å². The van der Waals surface area contributed by atoms with E-state index in [9.17, 15) is 4.79 Å². The Morgan fingerprint density at radius 3 is 1.94 bits per heavy atom. The molecule has 1 saturated heterocycles. The maximum atomic E-state index is 12.8. The van der Waals surface area contributed by atoms with Crippen LogP contribution >= 0.6 is 22.6 Å². The molecule has 1 fully saturated rings. The number of hydrogen-bond acceptors (Lipinski definition) is 6. The zero-order valence-electron chi connectivity index (χ0n) is 20.9. The van der Waals surface area contributed by atoms with Gasteiger partial charge in [0.1, 0.15) is 18.0 Å². The van der Waals surface area contributed by atoms with Crippen LogP contribution in [-0.4, -0.2) is 44.5 Å². The Morgan fingerprint density at radius 2 is 1.48 bits per heavy atom. The molecular weight excluding hydrogens is 541 g/mol. The molecule has 0 saturated carbocycles. The van der Waals surface area contributed by atoms with Crippen molar-refractivity contribution in [3.8, 4) is 0 Å². The topological polar surface area (TPSA) is 88.6 Å². The smallest absolute Gasteiger partial charge is 0.351 e. The lowest BCUT2D eigenvalue weighted by atomic mass is 10.1. The molecule has 1 aliphatic rings. The molecule has 0 amide bonds. The highest BCUT2D eigenvalue weighted by atomic mass is 127. The highest BCUT2D eigenvalue weighted by Gasteiger charge is 2.53. The molecule has 2 rings (SSSR count). The normalized spacial score (nSPS) is 25.8. The van der Waals surface area contributed by atoms with Gasteiger partial charge in [-0.05, 0) is 65.8 Å². The highest BCUT2D eigenvalue weighted by Crippen LogP contribution is 2.45. The minimum absolute atomic E-state index is 0.00362. The average Bonchev–Trinajstić information content (AvgIpc) is 2.84. The summed E-state index contributed by atoms with van der Waals surface area (Å²) in [5.74, 6) is 0.226. The van der Waals surface area contributed by atoms with Crippen molar-refractivity contribution in [3.05, 3.63) is 20.3 Å². The molecule has 1 aromatic rings. The number of halogens is 1. The van der Waals surface area contributed by atoms with Crippen LogP contribution in [0.2, 0.25) is 36.3 Å². The van der Waals surface area contributed by atoms with Gasteiger partial charge in [0.25, 0.3) is 0 Å². The first-order valence-corrected chi connectivity index (χ1v) is 17.7. The monoisotopic (exact) mass is 581 g/mol. The average molecular weight is 582 g/mol. The molecule has 1 aliphatic heterocycles. The number of nitrogens with zero attached hydrogens (tertiary/aromatic N) is 2. The van der Waals surface area contributed by atoms with Crippen LogP contribution in [0, 0.1) is 3.57 Å². The maximum Gasteiger partial charge on any atom is 0.351 e. The molecule has 2 N–H and O–H groups in total. The Hall–Kier alpha value is -0.276. The van der Waals surface area contributed by atoms with Gasteiger partial charge in [-0.3, -0.25) is 4.57 Å². The Bertz CT molecular complexity index is 862. The van der Waals surface area contributed by atoms with Crippen LogP contribution in [0.4, 0.5) is 5.82 Å². The quantitative estimate of drug-likeness (QED) is 0.383. The zero-order chi connectivity index (χ0) is 24.2. The van der Waals surface area contributed by atoms with E-state index >= 15 is 0 Å². The van der Waals surface area contributed by atoms with E-state index in [4.69, 9.17) is 19.3 Å². The third-order valence-electron chi connectivity index (χ3n) is 7.10. The minimum Gasteiger partial charge on any atom is -0.409 e. The first-order chi connectivity index (χ1) is 13.8. The van der Waals surface area contributed by atoms with E-state index in [1.165, 1.54) is 4.57 Å². The first kappa shape index (κ1) is 27.0. The van der Waals surface area contributed by atoms with Crippen LogP contribution in [0.1, 0.15) is 54.7 Å². The van der Waals surface area contributed by atoms with Crippen molar-refractivity contribution in [1.82, 2.24) is 9.55 Å². The summed E-state index contributed by atoms with van der Waals surface area (Å²) >= 11 is 2.09. The molecule has 0 bridgehead atoms. The van der Waals surface area contributed by atoms with Crippen LogP contribution in [-0.2, 0) is 13.6 Å². The van der Waals surface area contributed by atoms with Gasteiger partial charge in [0.15, 0.2) is 22.9 Å². The summed E-state index contributed by atoms with van der Waals surface area (Å²) < 4.78 is 22.3. The first-order valence-electron chi connectivity index (χ1n) is 10.8. The second-order valence-electron chi connectivity index (χ2n) is 11.6. The van der Waals surface area contributed by atoms with E-state index in [0.29, 0.717) is 3.57 Å². The van der Waals surface area contributed by atoms with E-state index in [1.54, 1.807) is 6.20 Å². The summed E-state index contributed by atoms with van der Waals surface area (Å²) in [5, 5.41) is 0.0466. The lowest BCUT2D eigenvalue weighted by molar-refractivity contribution is -0.0311. The molecule has 2 heterocycles. The molecule has 0 aromatic carbocycles. The van der Waals surface area contributed by atoms with E-state index < -0.39 is 34.7 Å². The lowest BCUT2D eigenvalue weighted by Crippen LogP contribution is -2.53. The van der Waals surface area contributed by atoms with Crippen molar-refractivity contribution in [2.75, 3.05) is 5.73 Å². The number of aromatic nitrogens is 2. The summed E-state index contributed by atoms with van der Waals surface area (Å²) in [4.78, 5) is 16.7. The molecule has 7 nitrogen and oxygen atoms in total. The van der Waals surface area contributed by atoms with Gasteiger partial charge in [-0.15, -0.1) is 0 Å². The fourth-order valence-corrected chi connectivity index (χ4v) is 6.06. The number of hydrogen-bond donors (Lipinski definition) is 1. The molecule has 0 radical (unpaired) electrons.